The highest BCUT2D eigenvalue weighted by Crippen LogP contribution is 2.16. The Balaban J connectivity index is 2.01. The first-order valence-electron chi connectivity index (χ1n) is 5.43. The maximum Gasteiger partial charge on any atom is 0.228 e. The average molecular weight is 197 g/mol. The van der Waals surface area contributed by atoms with Gasteiger partial charge in [-0.1, -0.05) is 0 Å². The zero-order valence-electron chi connectivity index (χ0n) is 8.92. The molecule has 0 saturated carbocycles. The molecule has 2 atom stereocenters. The molecule has 2 fully saturated rings. The van der Waals surface area contributed by atoms with E-state index < -0.39 is 0 Å². The van der Waals surface area contributed by atoms with Crippen molar-refractivity contribution in [2.45, 2.75) is 25.9 Å². The van der Waals surface area contributed by atoms with Crippen LogP contribution in [0.15, 0.2) is 0 Å². The Kier molecular flexibility index (Phi) is 2.74. The number of piperazine rings is 1. The Bertz CT molecular complexity index is 217. The SMILES string of the molecule is C[C@@H]1CNC[C@H](C)N1C(=O)C1CNC1. The van der Waals surface area contributed by atoms with Crippen molar-refractivity contribution in [1.82, 2.24) is 15.5 Å². The molecule has 0 aromatic heterocycles. The summed E-state index contributed by atoms with van der Waals surface area (Å²) in [5.41, 5.74) is 0. The lowest BCUT2D eigenvalue weighted by molar-refractivity contribution is -0.142. The predicted molar refractivity (Wildman–Crippen MR) is 55.0 cm³/mol. The minimum atomic E-state index is 0.234. The molecule has 2 N–H and O–H groups in total. The van der Waals surface area contributed by atoms with Crippen LogP contribution in [-0.4, -0.2) is 49.1 Å². The van der Waals surface area contributed by atoms with E-state index in [0.29, 0.717) is 18.0 Å². The predicted octanol–water partition coefficient (Wildman–Crippen LogP) is -0.585. The topological polar surface area (TPSA) is 44.4 Å². The number of hydrogen-bond acceptors (Lipinski definition) is 3. The van der Waals surface area contributed by atoms with Gasteiger partial charge >= 0.3 is 0 Å². The summed E-state index contributed by atoms with van der Waals surface area (Å²) >= 11 is 0. The van der Waals surface area contributed by atoms with Crippen LogP contribution in [0.5, 0.6) is 0 Å². The van der Waals surface area contributed by atoms with E-state index in [1.165, 1.54) is 0 Å². The fourth-order valence-electron chi connectivity index (χ4n) is 2.24. The van der Waals surface area contributed by atoms with E-state index in [1.807, 2.05) is 0 Å². The van der Waals surface area contributed by atoms with E-state index in [1.54, 1.807) is 0 Å². The van der Waals surface area contributed by atoms with E-state index in [-0.39, 0.29) is 5.92 Å². The molecule has 14 heavy (non-hydrogen) atoms. The lowest BCUT2D eigenvalue weighted by Gasteiger charge is -2.43. The summed E-state index contributed by atoms with van der Waals surface area (Å²) in [6.45, 7) is 7.82. The molecule has 2 aliphatic heterocycles. The molecule has 0 unspecified atom stereocenters. The number of nitrogens with one attached hydrogen (secondary N) is 2. The molecule has 80 valence electrons. The van der Waals surface area contributed by atoms with Gasteiger partial charge in [-0.05, 0) is 13.8 Å². The maximum atomic E-state index is 12.1. The van der Waals surface area contributed by atoms with Crippen LogP contribution in [0.25, 0.3) is 0 Å². The molecular weight excluding hydrogens is 178 g/mol. The Morgan fingerprint density at radius 2 is 1.57 bits per heavy atom. The van der Waals surface area contributed by atoms with Gasteiger partial charge in [0.15, 0.2) is 0 Å². The van der Waals surface area contributed by atoms with Gasteiger partial charge in [0.05, 0.1) is 5.92 Å². The van der Waals surface area contributed by atoms with Crippen molar-refractivity contribution in [2.24, 2.45) is 5.92 Å². The van der Waals surface area contributed by atoms with Crippen LogP contribution in [-0.2, 0) is 4.79 Å². The van der Waals surface area contributed by atoms with Crippen molar-refractivity contribution in [3.8, 4) is 0 Å². The molecule has 0 bridgehead atoms. The highest BCUT2D eigenvalue weighted by molar-refractivity contribution is 5.81. The van der Waals surface area contributed by atoms with Crippen molar-refractivity contribution >= 4 is 5.91 Å². The third-order valence-electron chi connectivity index (χ3n) is 3.21. The number of hydrogen-bond donors (Lipinski definition) is 2. The van der Waals surface area contributed by atoms with Crippen molar-refractivity contribution in [3.63, 3.8) is 0 Å². The molecule has 2 rings (SSSR count). The van der Waals surface area contributed by atoms with Crippen LogP contribution in [0.2, 0.25) is 0 Å². The summed E-state index contributed by atoms with van der Waals surface area (Å²) in [7, 11) is 0. The summed E-state index contributed by atoms with van der Waals surface area (Å²) in [5, 5.41) is 6.48. The van der Waals surface area contributed by atoms with Crippen LogP contribution in [0.1, 0.15) is 13.8 Å². The van der Waals surface area contributed by atoms with E-state index in [0.717, 1.165) is 26.2 Å². The second-order valence-corrected chi connectivity index (χ2v) is 4.46. The van der Waals surface area contributed by atoms with Crippen LogP contribution >= 0.6 is 0 Å². The van der Waals surface area contributed by atoms with Crippen LogP contribution < -0.4 is 10.6 Å². The number of amides is 1. The molecule has 1 amide bonds. The van der Waals surface area contributed by atoms with Crippen LogP contribution in [0.3, 0.4) is 0 Å². The monoisotopic (exact) mass is 197 g/mol. The Hall–Kier alpha value is -0.610. The van der Waals surface area contributed by atoms with Gasteiger partial charge in [-0.3, -0.25) is 4.79 Å². The molecular formula is C10H19N3O. The Morgan fingerprint density at radius 3 is 2.00 bits per heavy atom. The minimum absolute atomic E-state index is 0.234. The van der Waals surface area contributed by atoms with Gasteiger partial charge in [-0.2, -0.15) is 0 Å². The molecule has 0 aromatic carbocycles. The zero-order valence-corrected chi connectivity index (χ0v) is 8.92. The molecule has 0 spiro atoms. The van der Waals surface area contributed by atoms with Crippen molar-refractivity contribution in [1.29, 1.82) is 0 Å². The second-order valence-electron chi connectivity index (χ2n) is 4.46. The smallest absolute Gasteiger partial charge is 0.228 e. The largest absolute Gasteiger partial charge is 0.334 e. The minimum Gasteiger partial charge on any atom is -0.334 e. The molecule has 4 nitrogen and oxygen atoms in total. The first kappa shape index (κ1) is 9.93. The summed E-state index contributed by atoms with van der Waals surface area (Å²) in [4.78, 5) is 14.1. The normalized spacial score (nSPS) is 34.0. The second kappa shape index (κ2) is 3.87. The fraction of sp³-hybridized carbons (Fsp3) is 0.900. The molecule has 4 heteroatoms. The van der Waals surface area contributed by atoms with Gasteiger partial charge < -0.3 is 15.5 Å². The first-order valence-corrected chi connectivity index (χ1v) is 5.43. The number of carbonyl (C=O) groups excluding carboxylic acids is 1. The quantitative estimate of drug-likeness (QED) is 0.591. The number of carbonyl (C=O) groups is 1. The van der Waals surface area contributed by atoms with Gasteiger partial charge in [0.25, 0.3) is 0 Å². The van der Waals surface area contributed by atoms with Gasteiger partial charge in [-0.25, -0.2) is 0 Å². The van der Waals surface area contributed by atoms with E-state index in [2.05, 4.69) is 29.4 Å². The molecule has 2 saturated heterocycles. The average Bonchev–Trinajstić information content (AvgIpc) is 2.00. The molecule has 2 heterocycles. The van der Waals surface area contributed by atoms with Gasteiger partial charge in [-0.15, -0.1) is 0 Å². The standard InChI is InChI=1S/C10H19N3O/c1-7-3-11-4-8(2)13(7)10(14)9-5-12-6-9/h7-9,11-12H,3-6H2,1-2H3/t7-,8+. The number of rotatable bonds is 1. The molecule has 0 aliphatic carbocycles. The first-order chi connectivity index (χ1) is 6.70. The van der Waals surface area contributed by atoms with E-state index in [9.17, 15) is 4.79 Å². The fourth-order valence-corrected chi connectivity index (χ4v) is 2.24. The zero-order chi connectivity index (χ0) is 10.1. The summed E-state index contributed by atoms with van der Waals surface area (Å²) in [5.74, 6) is 0.572. The van der Waals surface area contributed by atoms with Crippen molar-refractivity contribution < 1.29 is 4.79 Å². The molecule has 2 aliphatic rings. The molecule has 0 radical (unpaired) electrons. The third-order valence-corrected chi connectivity index (χ3v) is 3.21. The maximum absolute atomic E-state index is 12.1. The van der Waals surface area contributed by atoms with Crippen molar-refractivity contribution in [2.75, 3.05) is 26.2 Å². The van der Waals surface area contributed by atoms with Crippen LogP contribution in [0.4, 0.5) is 0 Å². The molecule has 0 aromatic rings. The lowest BCUT2D eigenvalue weighted by Crippen LogP contribution is -2.62. The van der Waals surface area contributed by atoms with Crippen molar-refractivity contribution in [3.05, 3.63) is 0 Å². The van der Waals surface area contributed by atoms with Gasteiger partial charge in [0.2, 0.25) is 5.91 Å². The van der Waals surface area contributed by atoms with Gasteiger partial charge in [0, 0.05) is 38.3 Å². The summed E-state index contributed by atoms with van der Waals surface area (Å²) < 4.78 is 0. The Morgan fingerprint density at radius 1 is 1.07 bits per heavy atom. The summed E-state index contributed by atoms with van der Waals surface area (Å²) in [6.07, 6.45) is 0. The van der Waals surface area contributed by atoms with Gasteiger partial charge in [0.1, 0.15) is 0 Å². The third kappa shape index (κ3) is 1.64. The van der Waals surface area contributed by atoms with E-state index in [4.69, 9.17) is 0 Å². The number of nitrogens with zero attached hydrogens (tertiary/aromatic N) is 1. The highest BCUT2D eigenvalue weighted by Gasteiger charge is 2.35. The highest BCUT2D eigenvalue weighted by atomic mass is 16.2. The Labute approximate surface area is 85.0 Å². The summed E-state index contributed by atoms with van der Waals surface area (Å²) in [6, 6.07) is 0.679. The lowest BCUT2D eigenvalue weighted by atomic mass is 9.98. The van der Waals surface area contributed by atoms with E-state index >= 15 is 0 Å². The van der Waals surface area contributed by atoms with Crippen LogP contribution in [0, 0.1) is 5.92 Å².